The van der Waals surface area contributed by atoms with Crippen molar-refractivity contribution >= 4 is 21.5 Å². The maximum Gasteiger partial charge on any atom is 0.215 e. The highest BCUT2D eigenvalue weighted by atomic mass is 32.2. The molecule has 2 aromatic carbocycles. The minimum atomic E-state index is -3.86. The molecule has 0 fully saturated rings. The Hall–Kier alpha value is -2.71. The summed E-state index contributed by atoms with van der Waals surface area (Å²) in [6, 6.07) is 8.84. The van der Waals surface area contributed by atoms with Crippen molar-refractivity contribution < 1.29 is 22.7 Å². The second-order valence-corrected chi connectivity index (χ2v) is 7.47. The molecular formula is C18H18N2O5S. The fourth-order valence-electron chi connectivity index (χ4n) is 2.82. The van der Waals surface area contributed by atoms with Crippen LogP contribution in [0.25, 0.3) is 0 Å². The number of carbonyl (C=O) groups is 1. The lowest BCUT2D eigenvalue weighted by Gasteiger charge is -2.20. The maximum absolute atomic E-state index is 13.0. The van der Waals surface area contributed by atoms with Crippen LogP contribution in [0.5, 0.6) is 5.75 Å². The Bertz CT molecular complexity index is 1010. The largest absolute Gasteiger partial charge is 0.497 e. The summed E-state index contributed by atoms with van der Waals surface area (Å²) >= 11 is 0. The zero-order valence-corrected chi connectivity index (χ0v) is 15.2. The molecule has 0 spiro atoms. The molecular weight excluding hydrogens is 356 g/mol. The van der Waals surface area contributed by atoms with Crippen LogP contribution in [0.1, 0.15) is 21.5 Å². The highest BCUT2D eigenvalue weighted by Crippen LogP contribution is 2.36. The number of aliphatic imine (C=N–C) groups is 1. The first kappa shape index (κ1) is 18.1. The second-order valence-electron chi connectivity index (χ2n) is 5.59. The second kappa shape index (κ2) is 6.89. The smallest absolute Gasteiger partial charge is 0.215 e. The Morgan fingerprint density at radius 3 is 2.50 bits per heavy atom. The number of rotatable bonds is 4. The first-order valence-electron chi connectivity index (χ1n) is 7.84. The molecule has 8 heteroatoms. The predicted molar refractivity (Wildman–Crippen MR) is 95.8 cm³/mol. The molecule has 0 aromatic heterocycles. The molecule has 136 valence electrons. The summed E-state index contributed by atoms with van der Waals surface area (Å²) < 4.78 is 36.4. The highest BCUT2D eigenvalue weighted by Gasteiger charge is 2.35. The Labute approximate surface area is 151 Å². The average Bonchev–Trinajstić information content (AvgIpc) is 2.66. The Balaban J connectivity index is 2.19. The van der Waals surface area contributed by atoms with Gasteiger partial charge in [0, 0.05) is 23.2 Å². The minimum absolute atomic E-state index is 0.0363. The number of sulfone groups is 1. The van der Waals surface area contributed by atoms with E-state index in [9.17, 15) is 13.2 Å². The number of ketones is 1. The van der Waals surface area contributed by atoms with Gasteiger partial charge in [-0.15, -0.1) is 0 Å². The van der Waals surface area contributed by atoms with Crippen molar-refractivity contribution in [1.29, 1.82) is 0 Å². The first-order chi connectivity index (χ1) is 12.4. The maximum atomic E-state index is 13.0. The molecule has 0 unspecified atom stereocenters. The lowest BCUT2D eigenvalue weighted by atomic mass is 10.0. The molecule has 26 heavy (non-hydrogen) atoms. The van der Waals surface area contributed by atoms with E-state index < -0.39 is 9.84 Å². The molecule has 2 N–H and O–H groups in total. The summed E-state index contributed by atoms with van der Waals surface area (Å²) in [5, 5.41) is 0. The van der Waals surface area contributed by atoms with Crippen LogP contribution < -0.4 is 10.5 Å². The van der Waals surface area contributed by atoms with Crippen LogP contribution in [0.3, 0.4) is 0 Å². The normalized spacial score (nSPS) is 15.2. The summed E-state index contributed by atoms with van der Waals surface area (Å²) in [4.78, 5) is 16.9. The van der Waals surface area contributed by atoms with Gasteiger partial charge in [0.25, 0.3) is 0 Å². The van der Waals surface area contributed by atoms with Crippen molar-refractivity contribution in [3.8, 4) is 5.75 Å². The molecule has 1 aliphatic heterocycles. The lowest BCUT2D eigenvalue weighted by molar-refractivity contribution is 0.103. The third-order valence-corrected chi connectivity index (χ3v) is 5.91. The van der Waals surface area contributed by atoms with Crippen LogP contribution in [0.15, 0.2) is 51.2 Å². The summed E-state index contributed by atoms with van der Waals surface area (Å²) in [6.45, 7) is 0.679. The summed E-state index contributed by atoms with van der Waals surface area (Å²) in [5.74, 6) is 0.317. The number of nitrogens with two attached hydrogens (primary N) is 1. The van der Waals surface area contributed by atoms with E-state index in [-0.39, 0.29) is 32.6 Å². The third-order valence-electron chi connectivity index (χ3n) is 4.06. The van der Waals surface area contributed by atoms with Crippen LogP contribution in [0.2, 0.25) is 0 Å². The molecule has 2 aromatic rings. The summed E-state index contributed by atoms with van der Waals surface area (Å²) in [5.41, 5.74) is 6.13. The van der Waals surface area contributed by atoms with Gasteiger partial charge in [-0.1, -0.05) is 0 Å². The number of hydrogen-bond donors (Lipinski definition) is 1. The zero-order chi connectivity index (χ0) is 18.9. The number of hydrogen-bond acceptors (Lipinski definition) is 7. The quantitative estimate of drug-likeness (QED) is 0.547. The van der Waals surface area contributed by atoms with Crippen molar-refractivity contribution in [2.75, 3.05) is 27.3 Å². The van der Waals surface area contributed by atoms with Gasteiger partial charge in [0.2, 0.25) is 15.7 Å². The van der Waals surface area contributed by atoms with Crippen molar-refractivity contribution in [2.45, 2.75) is 9.79 Å². The number of carbonyl (C=O) groups excluding carboxylic acids is 1. The average molecular weight is 374 g/mol. The Morgan fingerprint density at radius 1 is 1.08 bits per heavy atom. The molecule has 0 atom stereocenters. The topological polar surface area (TPSA) is 108 Å². The molecule has 1 aliphatic rings. The van der Waals surface area contributed by atoms with Gasteiger partial charge in [-0.25, -0.2) is 13.4 Å². The third kappa shape index (κ3) is 2.87. The standard InChI is InChI=1S/C18H18N2O5S/c1-24-12-4-6-15-14(10-12)17(21)13-5-3-11(9-16(13)26(15,22)23)18(25-2)20-8-7-19/h3-6,9-10H,7-8,19H2,1-2H3. The lowest BCUT2D eigenvalue weighted by Crippen LogP contribution is -2.21. The monoisotopic (exact) mass is 374 g/mol. The molecule has 1 heterocycles. The molecule has 0 saturated heterocycles. The molecule has 3 rings (SSSR count). The summed E-state index contributed by atoms with van der Waals surface area (Å²) in [6.07, 6.45) is 0. The van der Waals surface area contributed by atoms with Crippen LogP contribution in [0, 0.1) is 0 Å². The van der Waals surface area contributed by atoms with Gasteiger partial charge in [-0.05, 0) is 36.4 Å². The van der Waals surface area contributed by atoms with E-state index in [0.717, 1.165) is 0 Å². The number of fused-ring (bicyclic) bond motifs is 2. The van der Waals surface area contributed by atoms with Crippen molar-refractivity contribution in [3.63, 3.8) is 0 Å². The fraction of sp³-hybridized carbons (Fsp3) is 0.222. The van der Waals surface area contributed by atoms with Gasteiger partial charge < -0.3 is 15.2 Å². The van der Waals surface area contributed by atoms with E-state index in [1.807, 2.05) is 0 Å². The number of benzene rings is 2. The molecule has 0 amide bonds. The number of ether oxygens (including phenoxy) is 2. The SMILES string of the molecule is COC(=NCCN)c1ccc2c(c1)S(=O)(=O)c1ccc(OC)cc1C2=O. The first-order valence-corrected chi connectivity index (χ1v) is 9.33. The van der Waals surface area contributed by atoms with E-state index in [0.29, 0.717) is 24.4 Å². The van der Waals surface area contributed by atoms with Gasteiger partial charge >= 0.3 is 0 Å². The fourth-order valence-corrected chi connectivity index (χ4v) is 4.47. The molecule has 0 aliphatic carbocycles. The Kier molecular flexibility index (Phi) is 4.80. The van der Waals surface area contributed by atoms with Crippen LogP contribution in [0.4, 0.5) is 0 Å². The Morgan fingerprint density at radius 2 is 1.85 bits per heavy atom. The van der Waals surface area contributed by atoms with Crippen LogP contribution in [-0.4, -0.2) is 47.4 Å². The van der Waals surface area contributed by atoms with Crippen molar-refractivity contribution in [2.24, 2.45) is 10.7 Å². The van der Waals surface area contributed by atoms with Crippen molar-refractivity contribution in [3.05, 3.63) is 53.1 Å². The van der Waals surface area contributed by atoms with Gasteiger partial charge in [-0.3, -0.25) is 4.79 Å². The van der Waals surface area contributed by atoms with Gasteiger partial charge in [0.15, 0.2) is 5.78 Å². The highest BCUT2D eigenvalue weighted by molar-refractivity contribution is 7.91. The number of nitrogens with zero attached hydrogens (tertiary/aromatic N) is 1. The molecule has 0 bridgehead atoms. The van der Waals surface area contributed by atoms with E-state index in [1.165, 1.54) is 44.6 Å². The zero-order valence-electron chi connectivity index (χ0n) is 14.4. The molecule has 0 radical (unpaired) electrons. The van der Waals surface area contributed by atoms with E-state index in [1.54, 1.807) is 6.07 Å². The molecule has 7 nitrogen and oxygen atoms in total. The minimum Gasteiger partial charge on any atom is -0.497 e. The van der Waals surface area contributed by atoms with Crippen LogP contribution >= 0.6 is 0 Å². The van der Waals surface area contributed by atoms with E-state index in [4.69, 9.17) is 15.2 Å². The predicted octanol–water partition coefficient (Wildman–Crippen LogP) is 1.42. The number of methoxy groups -OCH3 is 2. The van der Waals surface area contributed by atoms with E-state index in [2.05, 4.69) is 4.99 Å². The summed E-state index contributed by atoms with van der Waals surface area (Å²) in [7, 11) is -0.960. The van der Waals surface area contributed by atoms with Crippen molar-refractivity contribution in [1.82, 2.24) is 0 Å². The van der Waals surface area contributed by atoms with Crippen LogP contribution in [-0.2, 0) is 14.6 Å². The van der Waals surface area contributed by atoms with E-state index >= 15 is 0 Å². The van der Waals surface area contributed by atoms with Gasteiger partial charge in [-0.2, -0.15) is 0 Å². The van der Waals surface area contributed by atoms with Gasteiger partial charge in [0.05, 0.1) is 30.6 Å². The van der Waals surface area contributed by atoms with Gasteiger partial charge in [0.1, 0.15) is 5.75 Å². The molecule has 0 saturated carbocycles.